The number of carbonyl (C=O) groups is 1. The summed E-state index contributed by atoms with van der Waals surface area (Å²) in [4.78, 5) is 11.8. The molecule has 5 nitrogen and oxygen atoms in total. The van der Waals surface area contributed by atoms with Crippen molar-refractivity contribution in [1.29, 1.82) is 0 Å². The van der Waals surface area contributed by atoms with Crippen molar-refractivity contribution < 1.29 is 13.2 Å². The number of amides is 1. The van der Waals surface area contributed by atoms with E-state index in [2.05, 4.69) is 5.32 Å². The average Bonchev–Trinajstić information content (AvgIpc) is 3.38. The van der Waals surface area contributed by atoms with E-state index < -0.39 is 10.0 Å². The molecule has 0 bridgehead atoms. The second-order valence-corrected chi connectivity index (χ2v) is 8.59. The van der Waals surface area contributed by atoms with Crippen LogP contribution in [0.4, 0.5) is 0 Å². The molecule has 0 unspecified atom stereocenters. The highest BCUT2D eigenvalue weighted by Gasteiger charge is 2.28. The van der Waals surface area contributed by atoms with Crippen molar-refractivity contribution in [3.05, 3.63) is 48.0 Å². The molecule has 0 atom stereocenters. The van der Waals surface area contributed by atoms with Gasteiger partial charge in [-0.3, -0.25) is 4.79 Å². The van der Waals surface area contributed by atoms with Crippen LogP contribution in [-0.4, -0.2) is 37.8 Å². The first-order valence-corrected chi connectivity index (χ1v) is 10.1. The molecule has 1 aliphatic carbocycles. The standard InChI is InChI=1S/C18H24N2O3S/c21-18(9-8-15-6-7-15)19-17-10-12-20(13-11-17)24(22,23)14-16-4-2-1-3-5-16/h1-5,8-9,15,17H,6-7,10-14H2,(H,19,21). The minimum Gasteiger partial charge on any atom is -0.350 e. The molecule has 6 heteroatoms. The summed E-state index contributed by atoms with van der Waals surface area (Å²) in [7, 11) is -3.29. The third-order valence-electron chi connectivity index (χ3n) is 4.53. The van der Waals surface area contributed by atoms with E-state index >= 15 is 0 Å². The van der Waals surface area contributed by atoms with Crippen LogP contribution < -0.4 is 5.32 Å². The summed E-state index contributed by atoms with van der Waals surface area (Å²) >= 11 is 0. The topological polar surface area (TPSA) is 66.5 Å². The second kappa shape index (κ2) is 7.49. The van der Waals surface area contributed by atoms with E-state index in [9.17, 15) is 13.2 Å². The molecule has 2 fully saturated rings. The summed E-state index contributed by atoms with van der Waals surface area (Å²) in [5, 5.41) is 2.98. The summed E-state index contributed by atoms with van der Waals surface area (Å²) in [6.45, 7) is 0.929. The van der Waals surface area contributed by atoms with Crippen LogP contribution in [0.2, 0.25) is 0 Å². The molecule has 1 aromatic carbocycles. The van der Waals surface area contributed by atoms with Crippen LogP contribution in [0.3, 0.4) is 0 Å². The first kappa shape index (κ1) is 17.2. The molecule has 24 heavy (non-hydrogen) atoms. The van der Waals surface area contributed by atoms with E-state index in [0.29, 0.717) is 31.8 Å². The van der Waals surface area contributed by atoms with Gasteiger partial charge in [-0.25, -0.2) is 12.7 Å². The van der Waals surface area contributed by atoms with Crippen LogP contribution in [0, 0.1) is 5.92 Å². The fourth-order valence-corrected chi connectivity index (χ4v) is 4.48. The molecule has 1 N–H and O–H groups in total. The molecule has 1 aliphatic heterocycles. The Hall–Kier alpha value is -1.66. The predicted octanol–water partition coefficient (Wildman–Crippen LogP) is 2.06. The average molecular weight is 348 g/mol. The zero-order valence-corrected chi connectivity index (χ0v) is 14.5. The van der Waals surface area contributed by atoms with Gasteiger partial charge in [-0.15, -0.1) is 0 Å². The van der Waals surface area contributed by atoms with Gasteiger partial charge in [0.2, 0.25) is 15.9 Å². The zero-order valence-electron chi connectivity index (χ0n) is 13.7. The van der Waals surface area contributed by atoms with E-state index in [1.807, 2.05) is 36.4 Å². The summed E-state index contributed by atoms with van der Waals surface area (Å²) < 4.78 is 26.5. The third-order valence-corrected chi connectivity index (χ3v) is 6.38. The van der Waals surface area contributed by atoms with Gasteiger partial charge in [-0.05, 0) is 43.2 Å². The monoisotopic (exact) mass is 348 g/mol. The van der Waals surface area contributed by atoms with Gasteiger partial charge in [-0.2, -0.15) is 0 Å². The number of hydrogen-bond donors (Lipinski definition) is 1. The third kappa shape index (κ3) is 4.92. The number of nitrogens with zero attached hydrogens (tertiary/aromatic N) is 1. The molecule has 1 amide bonds. The van der Waals surface area contributed by atoms with Crippen molar-refractivity contribution in [2.75, 3.05) is 13.1 Å². The van der Waals surface area contributed by atoms with Crippen molar-refractivity contribution >= 4 is 15.9 Å². The molecule has 0 spiro atoms. The Balaban J connectivity index is 1.48. The number of benzene rings is 1. The molecule has 130 valence electrons. The molecule has 3 rings (SSSR count). The second-order valence-electron chi connectivity index (χ2n) is 6.62. The van der Waals surface area contributed by atoms with Crippen molar-refractivity contribution in [2.24, 2.45) is 5.92 Å². The Bertz CT molecular complexity index is 688. The minimum absolute atomic E-state index is 0.0367. The van der Waals surface area contributed by atoms with Crippen LogP contribution in [0.25, 0.3) is 0 Å². The summed E-state index contributed by atoms with van der Waals surface area (Å²) in [5.74, 6) is 0.558. The fourth-order valence-electron chi connectivity index (χ4n) is 2.92. The molecule has 1 saturated heterocycles. The Labute approximate surface area is 143 Å². The number of rotatable bonds is 6. The van der Waals surface area contributed by atoms with Gasteiger partial charge in [0.25, 0.3) is 0 Å². The van der Waals surface area contributed by atoms with Crippen LogP contribution >= 0.6 is 0 Å². The lowest BCUT2D eigenvalue weighted by atomic mass is 10.1. The maximum atomic E-state index is 12.5. The maximum absolute atomic E-state index is 12.5. The highest BCUT2D eigenvalue weighted by Crippen LogP contribution is 2.29. The lowest BCUT2D eigenvalue weighted by Gasteiger charge is -2.31. The molecule has 1 aromatic rings. The quantitative estimate of drug-likeness (QED) is 0.800. The van der Waals surface area contributed by atoms with Crippen molar-refractivity contribution in [2.45, 2.75) is 37.5 Å². The Morgan fingerprint density at radius 3 is 2.42 bits per heavy atom. The molecule has 1 saturated carbocycles. The number of nitrogens with one attached hydrogen (secondary N) is 1. The van der Waals surface area contributed by atoms with E-state index in [-0.39, 0.29) is 17.7 Å². The van der Waals surface area contributed by atoms with Gasteiger partial charge >= 0.3 is 0 Å². The normalized spacial score (nSPS) is 20.3. The van der Waals surface area contributed by atoms with Crippen molar-refractivity contribution in [1.82, 2.24) is 9.62 Å². The Kier molecular flexibility index (Phi) is 5.36. The lowest BCUT2D eigenvalue weighted by Crippen LogP contribution is -2.46. The van der Waals surface area contributed by atoms with Gasteiger partial charge in [0.1, 0.15) is 0 Å². The zero-order chi connectivity index (χ0) is 17.0. The van der Waals surface area contributed by atoms with Gasteiger partial charge in [0.05, 0.1) is 5.75 Å². The van der Waals surface area contributed by atoms with Crippen molar-refractivity contribution in [3.63, 3.8) is 0 Å². The van der Waals surface area contributed by atoms with E-state index in [1.54, 1.807) is 10.4 Å². The maximum Gasteiger partial charge on any atom is 0.243 e. The Morgan fingerprint density at radius 2 is 1.79 bits per heavy atom. The van der Waals surface area contributed by atoms with Crippen LogP contribution in [0.5, 0.6) is 0 Å². The van der Waals surface area contributed by atoms with Gasteiger partial charge in [-0.1, -0.05) is 36.4 Å². The molecule has 0 radical (unpaired) electrons. The minimum atomic E-state index is -3.29. The van der Waals surface area contributed by atoms with Crippen LogP contribution in [0.1, 0.15) is 31.2 Å². The highest BCUT2D eigenvalue weighted by atomic mass is 32.2. The number of piperidine rings is 1. The van der Waals surface area contributed by atoms with Gasteiger partial charge in [0, 0.05) is 19.1 Å². The van der Waals surface area contributed by atoms with Crippen LogP contribution in [-0.2, 0) is 20.6 Å². The van der Waals surface area contributed by atoms with E-state index in [0.717, 1.165) is 5.56 Å². The molecular formula is C18H24N2O3S. The van der Waals surface area contributed by atoms with E-state index in [1.165, 1.54) is 12.8 Å². The molecular weight excluding hydrogens is 324 g/mol. The smallest absolute Gasteiger partial charge is 0.243 e. The van der Waals surface area contributed by atoms with Gasteiger partial charge in [0.15, 0.2) is 0 Å². The summed E-state index contributed by atoms with van der Waals surface area (Å²) in [6, 6.07) is 9.29. The number of sulfonamides is 1. The first-order chi connectivity index (χ1) is 11.5. The number of carbonyl (C=O) groups excluding carboxylic acids is 1. The highest BCUT2D eigenvalue weighted by molar-refractivity contribution is 7.88. The number of allylic oxidation sites excluding steroid dienone is 1. The largest absolute Gasteiger partial charge is 0.350 e. The molecule has 1 heterocycles. The number of hydrogen-bond acceptors (Lipinski definition) is 3. The molecule has 0 aromatic heterocycles. The lowest BCUT2D eigenvalue weighted by molar-refractivity contribution is -0.117. The summed E-state index contributed by atoms with van der Waals surface area (Å²) in [6.07, 6.45) is 7.28. The van der Waals surface area contributed by atoms with E-state index in [4.69, 9.17) is 0 Å². The SMILES string of the molecule is O=C(C=CC1CC1)NC1CCN(S(=O)(=O)Cc2ccccc2)CC1. The van der Waals surface area contributed by atoms with Gasteiger partial charge < -0.3 is 5.32 Å². The molecule has 2 aliphatic rings. The summed E-state index contributed by atoms with van der Waals surface area (Å²) in [5.41, 5.74) is 0.804. The fraction of sp³-hybridized carbons (Fsp3) is 0.500. The van der Waals surface area contributed by atoms with Crippen LogP contribution in [0.15, 0.2) is 42.5 Å². The first-order valence-electron chi connectivity index (χ1n) is 8.53. The predicted molar refractivity (Wildman–Crippen MR) is 93.7 cm³/mol. The Morgan fingerprint density at radius 1 is 1.12 bits per heavy atom. The van der Waals surface area contributed by atoms with Crippen molar-refractivity contribution in [3.8, 4) is 0 Å².